The second kappa shape index (κ2) is 10.8. The molecule has 0 saturated carbocycles. The Labute approximate surface area is 193 Å². The van der Waals surface area contributed by atoms with Gasteiger partial charge in [0.15, 0.2) is 5.78 Å². The number of hydrogen-bond acceptors (Lipinski definition) is 4. The number of carbonyl (C=O) groups is 1. The highest BCUT2D eigenvalue weighted by Crippen LogP contribution is 2.42. The van der Waals surface area contributed by atoms with Crippen LogP contribution in [0.5, 0.6) is 0 Å². The van der Waals surface area contributed by atoms with Gasteiger partial charge >= 0.3 is 0 Å². The molecule has 0 radical (unpaired) electrons. The Kier molecular flexibility index (Phi) is 7.36. The average Bonchev–Trinajstić information content (AvgIpc) is 2.88. The van der Waals surface area contributed by atoms with Crippen LogP contribution in [-0.4, -0.2) is 10.7 Å². The highest BCUT2D eigenvalue weighted by atomic mass is 31.1. The molecular formula is C27H22NO4P. The van der Waals surface area contributed by atoms with Crippen molar-refractivity contribution in [2.45, 2.75) is 12.5 Å². The lowest BCUT2D eigenvalue weighted by Crippen LogP contribution is -2.18. The Morgan fingerprint density at radius 2 is 1.24 bits per heavy atom. The van der Waals surface area contributed by atoms with Crippen molar-refractivity contribution >= 4 is 30.2 Å². The molecule has 0 saturated heterocycles. The first-order valence-corrected chi connectivity index (χ1v) is 11.8. The third kappa shape index (κ3) is 5.78. The number of non-ortho nitro benzene ring substituents is 1. The molecule has 0 unspecified atom stereocenters. The second-order valence-corrected chi connectivity index (χ2v) is 9.23. The molecule has 4 aromatic carbocycles. The topological polar surface area (TPSA) is 69.4 Å². The van der Waals surface area contributed by atoms with E-state index in [0.717, 1.165) is 16.2 Å². The number of nitro benzene ring substituents is 1. The van der Waals surface area contributed by atoms with E-state index in [-0.39, 0.29) is 17.9 Å². The maximum atomic E-state index is 13.1. The summed E-state index contributed by atoms with van der Waals surface area (Å²) < 4.78 is 6.68. The highest BCUT2D eigenvalue weighted by Gasteiger charge is 2.25. The molecule has 0 spiro atoms. The molecule has 164 valence electrons. The van der Waals surface area contributed by atoms with E-state index >= 15 is 0 Å². The van der Waals surface area contributed by atoms with E-state index in [2.05, 4.69) is 0 Å². The van der Waals surface area contributed by atoms with Crippen LogP contribution in [0, 0.1) is 10.1 Å². The normalized spacial score (nSPS) is 11.8. The molecule has 0 aliphatic carbocycles. The molecule has 6 heteroatoms. The Hall–Kier alpha value is -3.66. The summed E-state index contributed by atoms with van der Waals surface area (Å²) in [6.45, 7) is 0. The molecule has 0 aromatic heterocycles. The minimum atomic E-state index is -1.22. The van der Waals surface area contributed by atoms with Gasteiger partial charge in [0.05, 0.1) is 19.2 Å². The van der Waals surface area contributed by atoms with Crippen molar-refractivity contribution in [2.24, 2.45) is 0 Å². The summed E-state index contributed by atoms with van der Waals surface area (Å²) in [5.41, 5.74) is 1.33. The molecule has 0 aliphatic rings. The van der Waals surface area contributed by atoms with Crippen molar-refractivity contribution in [1.29, 1.82) is 0 Å². The van der Waals surface area contributed by atoms with Crippen LogP contribution in [0.3, 0.4) is 0 Å². The van der Waals surface area contributed by atoms with Crippen LogP contribution in [0.4, 0.5) is 5.69 Å². The van der Waals surface area contributed by atoms with Crippen molar-refractivity contribution in [3.63, 3.8) is 0 Å². The van der Waals surface area contributed by atoms with Crippen molar-refractivity contribution in [2.75, 3.05) is 0 Å². The van der Waals surface area contributed by atoms with Crippen LogP contribution in [0.15, 0.2) is 115 Å². The standard InChI is InChI=1S/C27H22NO4P/c29-26(21-10-4-1-5-11-21)20-27(22-16-18-23(19-17-22)28(30)31)32-33(24-12-6-2-7-13-24)25-14-8-3-9-15-25/h1-19,27H,20H2/t27-/m0/s1. The highest BCUT2D eigenvalue weighted by molar-refractivity contribution is 7.68. The van der Waals surface area contributed by atoms with Gasteiger partial charge in [-0.1, -0.05) is 91.0 Å². The summed E-state index contributed by atoms with van der Waals surface area (Å²) in [5, 5.41) is 13.2. The van der Waals surface area contributed by atoms with Gasteiger partial charge in [0.25, 0.3) is 5.69 Å². The summed E-state index contributed by atoms with van der Waals surface area (Å²) in [6.07, 6.45) is -0.439. The minimum absolute atomic E-state index is 0.000249. The van der Waals surface area contributed by atoms with Gasteiger partial charge in [0.2, 0.25) is 0 Å². The summed E-state index contributed by atoms with van der Waals surface area (Å²) in [4.78, 5) is 23.8. The zero-order valence-corrected chi connectivity index (χ0v) is 18.7. The number of nitrogens with zero attached hydrogens (tertiary/aromatic N) is 1. The molecule has 0 amide bonds. The second-order valence-electron chi connectivity index (χ2n) is 7.40. The maximum Gasteiger partial charge on any atom is 0.269 e. The number of hydrogen-bond donors (Lipinski definition) is 0. The van der Waals surface area contributed by atoms with Gasteiger partial charge in [-0.3, -0.25) is 14.9 Å². The van der Waals surface area contributed by atoms with Gasteiger partial charge in [-0.25, -0.2) is 0 Å². The van der Waals surface area contributed by atoms with Crippen molar-refractivity contribution in [3.05, 3.63) is 137 Å². The van der Waals surface area contributed by atoms with Crippen molar-refractivity contribution in [1.82, 2.24) is 0 Å². The Morgan fingerprint density at radius 3 is 1.73 bits per heavy atom. The van der Waals surface area contributed by atoms with Crippen LogP contribution in [0.25, 0.3) is 0 Å². The van der Waals surface area contributed by atoms with Crippen LogP contribution >= 0.6 is 8.15 Å². The van der Waals surface area contributed by atoms with Gasteiger partial charge in [0.1, 0.15) is 0 Å². The molecule has 33 heavy (non-hydrogen) atoms. The predicted octanol–water partition coefficient (Wildman–Crippen LogP) is 5.97. The number of benzene rings is 4. The molecule has 4 aromatic rings. The van der Waals surface area contributed by atoms with Gasteiger partial charge in [-0.05, 0) is 17.7 Å². The zero-order chi connectivity index (χ0) is 23.0. The number of nitro groups is 1. The van der Waals surface area contributed by atoms with E-state index in [0.29, 0.717) is 5.56 Å². The monoisotopic (exact) mass is 455 g/mol. The number of carbonyl (C=O) groups excluding carboxylic acids is 1. The predicted molar refractivity (Wildman–Crippen MR) is 131 cm³/mol. The average molecular weight is 455 g/mol. The molecule has 1 atom stereocenters. The zero-order valence-electron chi connectivity index (χ0n) is 17.8. The lowest BCUT2D eigenvalue weighted by molar-refractivity contribution is -0.384. The largest absolute Gasteiger partial charge is 0.341 e. The van der Waals surface area contributed by atoms with E-state index in [1.165, 1.54) is 12.1 Å². The fourth-order valence-electron chi connectivity index (χ4n) is 3.46. The SMILES string of the molecule is O=C(C[C@H](OP(c1ccccc1)c1ccccc1)c1ccc([N+](=O)[O-])cc1)c1ccccc1. The van der Waals surface area contributed by atoms with Gasteiger partial charge < -0.3 is 4.52 Å². The molecular weight excluding hydrogens is 433 g/mol. The molecule has 0 heterocycles. The molecule has 0 bridgehead atoms. The molecule has 4 rings (SSSR count). The quantitative estimate of drug-likeness (QED) is 0.135. The van der Waals surface area contributed by atoms with Crippen LogP contribution in [-0.2, 0) is 4.52 Å². The van der Waals surface area contributed by atoms with Crippen molar-refractivity contribution in [3.8, 4) is 0 Å². The number of ketones is 1. The van der Waals surface area contributed by atoms with Crippen LogP contribution in [0.2, 0.25) is 0 Å². The smallest absolute Gasteiger partial charge is 0.269 e. The Morgan fingerprint density at radius 1 is 0.758 bits per heavy atom. The van der Waals surface area contributed by atoms with E-state index in [1.54, 1.807) is 24.3 Å². The minimum Gasteiger partial charge on any atom is -0.341 e. The number of Topliss-reactive ketones (excluding diaryl/α,β-unsaturated/α-hetero) is 1. The van der Waals surface area contributed by atoms with Crippen molar-refractivity contribution < 1.29 is 14.2 Å². The lowest BCUT2D eigenvalue weighted by Gasteiger charge is -2.25. The first-order chi connectivity index (χ1) is 16.1. The third-order valence-electron chi connectivity index (χ3n) is 5.16. The van der Waals surface area contributed by atoms with Gasteiger partial charge in [-0.2, -0.15) is 0 Å². The molecule has 5 nitrogen and oxygen atoms in total. The van der Waals surface area contributed by atoms with Crippen LogP contribution < -0.4 is 10.6 Å². The fraction of sp³-hybridized carbons (Fsp3) is 0.0741. The molecule has 0 fully saturated rings. The van der Waals surface area contributed by atoms with E-state index < -0.39 is 19.2 Å². The summed E-state index contributed by atoms with van der Waals surface area (Å²) >= 11 is 0. The van der Waals surface area contributed by atoms with Gasteiger partial charge in [0, 0.05) is 34.7 Å². The summed E-state index contributed by atoms with van der Waals surface area (Å²) in [6, 6.07) is 35.2. The van der Waals surface area contributed by atoms with Gasteiger partial charge in [-0.15, -0.1) is 0 Å². The first-order valence-electron chi connectivity index (χ1n) is 10.5. The van der Waals surface area contributed by atoms with E-state index in [1.807, 2.05) is 78.9 Å². The van der Waals surface area contributed by atoms with E-state index in [4.69, 9.17) is 4.52 Å². The Bertz CT molecular complexity index is 1160. The van der Waals surface area contributed by atoms with Crippen LogP contribution in [0.1, 0.15) is 28.4 Å². The molecule has 0 N–H and O–H groups in total. The third-order valence-corrected chi connectivity index (χ3v) is 7.16. The summed E-state index contributed by atoms with van der Waals surface area (Å²) in [5.74, 6) is -0.0463. The maximum absolute atomic E-state index is 13.1. The lowest BCUT2D eigenvalue weighted by atomic mass is 10.00. The summed E-state index contributed by atoms with van der Waals surface area (Å²) in [7, 11) is -1.22. The first kappa shape index (κ1) is 22.5. The molecule has 0 aliphatic heterocycles. The Balaban J connectivity index is 1.70. The van der Waals surface area contributed by atoms with E-state index in [9.17, 15) is 14.9 Å². The fourth-order valence-corrected chi connectivity index (χ4v) is 5.34. The number of rotatable bonds is 9.